The van der Waals surface area contributed by atoms with Gasteiger partial charge in [-0.15, -0.1) is 0 Å². The predicted octanol–water partition coefficient (Wildman–Crippen LogP) is 4.76. The van der Waals surface area contributed by atoms with Crippen LogP contribution in [0, 0.1) is 0 Å². The average Bonchev–Trinajstić information content (AvgIpc) is 2.55. The van der Waals surface area contributed by atoms with E-state index in [1.807, 2.05) is 72.8 Å². The van der Waals surface area contributed by atoms with Crippen molar-refractivity contribution in [1.82, 2.24) is 4.98 Å². The lowest BCUT2D eigenvalue weighted by atomic mass is 10.0. The number of hydrogen-bond donors (Lipinski definition) is 1. The van der Waals surface area contributed by atoms with Crippen LogP contribution in [0.5, 0.6) is 5.75 Å². The fraction of sp³-hybridized carbons (Fsp3) is 0. The van der Waals surface area contributed by atoms with E-state index in [1.54, 1.807) is 0 Å². The van der Waals surface area contributed by atoms with Crippen LogP contribution in [0.1, 0.15) is 0 Å². The standard InChI is InChI=1S/C19H13NO/c21-19-15-7-3-1-5-13(15)9-11-16(19)18-12-10-14-6-2-4-8-17(14)20-18/h1-12,21H. The molecule has 0 bridgehead atoms. The number of fused-ring (bicyclic) bond motifs is 2. The van der Waals surface area contributed by atoms with Gasteiger partial charge in [-0.1, -0.05) is 54.6 Å². The number of rotatable bonds is 1. The van der Waals surface area contributed by atoms with Crippen LogP contribution in [0.3, 0.4) is 0 Å². The Morgan fingerprint density at radius 3 is 2.29 bits per heavy atom. The zero-order valence-corrected chi connectivity index (χ0v) is 11.3. The molecule has 0 radical (unpaired) electrons. The van der Waals surface area contributed by atoms with Crippen LogP contribution >= 0.6 is 0 Å². The van der Waals surface area contributed by atoms with Gasteiger partial charge in [0.2, 0.25) is 0 Å². The van der Waals surface area contributed by atoms with Gasteiger partial charge in [0.1, 0.15) is 5.75 Å². The fourth-order valence-corrected chi connectivity index (χ4v) is 2.68. The molecule has 0 unspecified atom stereocenters. The van der Waals surface area contributed by atoms with E-state index in [0.717, 1.165) is 32.9 Å². The molecule has 21 heavy (non-hydrogen) atoms. The molecule has 1 aromatic heterocycles. The van der Waals surface area contributed by atoms with Crippen molar-refractivity contribution in [2.45, 2.75) is 0 Å². The maximum Gasteiger partial charge on any atom is 0.132 e. The molecule has 0 saturated heterocycles. The molecule has 1 heterocycles. The molecule has 0 fully saturated rings. The molecule has 1 N–H and O–H groups in total. The minimum absolute atomic E-state index is 0.288. The largest absolute Gasteiger partial charge is 0.507 e. The number of para-hydroxylation sites is 1. The molecule has 2 heteroatoms. The first-order valence-corrected chi connectivity index (χ1v) is 6.90. The summed E-state index contributed by atoms with van der Waals surface area (Å²) in [7, 11) is 0. The quantitative estimate of drug-likeness (QED) is 0.541. The summed E-state index contributed by atoms with van der Waals surface area (Å²) in [4.78, 5) is 4.65. The van der Waals surface area contributed by atoms with Crippen molar-refractivity contribution in [1.29, 1.82) is 0 Å². The highest BCUT2D eigenvalue weighted by Crippen LogP contribution is 2.35. The molecule has 0 atom stereocenters. The molecule has 4 aromatic rings. The van der Waals surface area contributed by atoms with E-state index in [4.69, 9.17) is 0 Å². The number of nitrogens with zero attached hydrogens (tertiary/aromatic N) is 1. The van der Waals surface area contributed by atoms with Gasteiger partial charge in [-0.25, -0.2) is 4.98 Å². The van der Waals surface area contributed by atoms with Gasteiger partial charge in [0.15, 0.2) is 0 Å². The number of pyridine rings is 1. The fourth-order valence-electron chi connectivity index (χ4n) is 2.68. The summed E-state index contributed by atoms with van der Waals surface area (Å²) in [6.07, 6.45) is 0. The molecule has 0 aliphatic heterocycles. The van der Waals surface area contributed by atoms with Crippen LogP contribution in [0.25, 0.3) is 32.9 Å². The lowest BCUT2D eigenvalue weighted by Crippen LogP contribution is -1.86. The van der Waals surface area contributed by atoms with Gasteiger partial charge in [-0.2, -0.15) is 0 Å². The summed E-state index contributed by atoms with van der Waals surface area (Å²) in [5.74, 6) is 0.288. The van der Waals surface area contributed by atoms with Gasteiger partial charge >= 0.3 is 0 Å². The van der Waals surface area contributed by atoms with Crippen molar-refractivity contribution in [3.8, 4) is 17.0 Å². The summed E-state index contributed by atoms with van der Waals surface area (Å²) >= 11 is 0. The first kappa shape index (κ1) is 11.9. The normalized spacial score (nSPS) is 11.0. The second-order valence-electron chi connectivity index (χ2n) is 5.07. The molecule has 100 valence electrons. The van der Waals surface area contributed by atoms with E-state index in [1.165, 1.54) is 0 Å². The number of phenolic OH excluding ortho intramolecular Hbond substituents is 1. The molecule has 0 aliphatic carbocycles. The minimum atomic E-state index is 0.288. The second-order valence-corrected chi connectivity index (χ2v) is 5.07. The number of benzene rings is 3. The van der Waals surface area contributed by atoms with Crippen LogP contribution in [-0.4, -0.2) is 10.1 Å². The minimum Gasteiger partial charge on any atom is -0.507 e. The topological polar surface area (TPSA) is 33.1 Å². The van der Waals surface area contributed by atoms with E-state index < -0.39 is 0 Å². The Balaban J connectivity index is 1.97. The van der Waals surface area contributed by atoms with E-state index in [-0.39, 0.29) is 5.75 Å². The van der Waals surface area contributed by atoms with Crippen LogP contribution < -0.4 is 0 Å². The van der Waals surface area contributed by atoms with Crippen molar-refractivity contribution in [2.24, 2.45) is 0 Å². The maximum absolute atomic E-state index is 10.5. The summed E-state index contributed by atoms with van der Waals surface area (Å²) in [5, 5.41) is 13.5. The Morgan fingerprint density at radius 2 is 1.38 bits per heavy atom. The molecular formula is C19H13NO. The number of phenols is 1. The zero-order chi connectivity index (χ0) is 14.2. The van der Waals surface area contributed by atoms with Crippen molar-refractivity contribution in [3.05, 3.63) is 72.8 Å². The lowest BCUT2D eigenvalue weighted by molar-refractivity contribution is 0.483. The Labute approximate surface area is 122 Å². The van der Waals surface area contributed by atoms with Gasteiger partial charge in [0.25, 0.3) is 0 Å². The Bertz CT molecular complexity index is 960. The third-order valence-electron chi connectivity index (χ3n) is 3.77. The van der Waals surface area contributed by atoms with Crippen molar-refractivity contribution in [2.75, 3.05) is 0 Å². The maximum atomic E-state index is 10.5. The zero-order valence-electron chi connectivity index (χ0n) is 11.3. The summed E-state index contributed by atoms with van der Waals surface area (Å²) in [6.45, 7) is 0. The molecule has 0 spiro atoms. The highest BCUT2D eigenvalue weighted by atomic mass is 16.3. The Kier molecular flexibility index (Phi) is 2.61. The van der Waals surface area contributed by atoms with E-state index in [9.17, 15) is 5.11 Å². The SMILES string of the molecule is Oc1c(-c2ccc3ccccc3n2)ccc2ccccc12. The van der Waals surface area contributed by atoms with Crippen LogP contribution in [0.2, 0.25) is 0 Å². The van der Waals surface area contributed by atoms with Crippen LogP contribution in [0.4, 0.5) is 0 Å². The number of hydrogen-bond acceptors (Lipinski definition) is 2. The molecule has 0 saturated carbocycles. The lowest BCUT2D eigenvalue weighted by Gasteiger charge is -2.08. The molecule has 4 rings (SSSR count). The molecule has 0 aliphatic rings. The van der Waals surface area contributed by atoms with Crippen molar-refractivity contribution < 1.29 is 5.11 Å². The van der Waals surface area contributed by atoms with Gasteiger partial charge in [0, 0.05) is 16.3 Å². The first-order valence-electron chi connectivity index (χ1n) is 6.90. The van der Waals surface area contributed by atoms with Gasteiger partial charge in [-0.3, -0.25) is 0 Å². The van der Waals surface area contributed by atoms with Gasteiger partial charge in [0.05, 0.1) is 11.2 Å². The first-order chi connectivity index (χ1) is 10.3. The highest BCUT2D eigenvalue weighted by molar-refractivity contribution is 5.95. The Morgan fingerprint density at radius 1 is 0.667 bits per heavy atom. The van der Waals surface area contributed by atoms with E-state index >= 15 is 0 Å². The third kappa shape index (κ3) is 1.93. The molecule has 2 nitrogen and oxygen atoms in total. The second kappa shape index (κ2) is 4.60. The van der Waals surface area contributed by atoms with Crippen LogP contribution in [-0.2, 0) is 0 Å². The number of aromatic nitrogens is 1. The Hall–Kier alpha value is -2.87. The van der Waals surface area contributed by atoms with Crippen LogP contribution in [0.15, 0.2) is 72.8 Å². The average molecular weight is 271 g/mol. The van der Waals surface area contributed by atoms with Gasteiger partial charge < -0.3 is 5.11 Å². The van der Waals surface area contributed by atoms with Crippen molar-refractivity contribution >= 4 is 21.7 Å². The molecule has 0 amide bonds. The van der Waals surface area contributed by atoms with Crippen molar-refractivity contribution in [3.63, 3.8) is 0 Å². The summed E-state index contributed by atoms with van der Waals surface area (Å²) < 4.78 is 0. The molecular weight excluding hydrogens is 258 g/mol. The van der Waals surface area contributed by atoms with Gasteiger partial charge in [-0.05, 0) is 23.6 Å². The monoisotopic (exact) mass is 271 g/mol. The summed E-state index contributed by atoms with van der Waals surface area (Å²) in [6, 6.07) is 23.7. The highest BCUT2D eigenvalue weighted by Gasteiger charge is 2.09. The van der Waals surface area contributed by atoms with E-state index in [0.29, 0.717) is 0 Å². The van der Waals surface area contributed by atoms with E-state index in [2.05, 4.69) is 4.98 Å². The summed E-state index contributed by atoms with van der Waals surface area (Å²) in [5.41, 5.74) is 2.49. The third-order valence-corrected chi connectivity index (χ3v) is 3.77. The number of aromatic hydroxyl groups is 1. The predicted molar refractivity (Wildman–Crippen MR) is 86.3 cm³/mol. The molecule has 3 aromatic carbocycles. The smallest absolute Gasteiger partial charge is 0.132 e.